The van der Waals surface area contributed by atoms with Gasteiger partial charge in [0.15, 0.2) is 12.4 Å². The minimum Gasteiger partial charge on any atom is -0.481 e. The Labute approximate surface area is 262 Å². The standard InChI is InChI=1S/C35H43NO9/c1-33-14-12-24(37)17-23(33)8-9-25-26-13-15-35(44,34(26,2)18-27(38)32(25)33)28(39)20-45-31(43)11-10-29(40)36-19-22(16-30(41)42)21-6-4-3-5-7-21/h3-7,12,14,17,22,25-27,32,38,44H,8-11,13,15-16,18-20H2,1-2H3,(H,36,40)(H,41,42)/t22-,25-,26-,27+,32+,33+,34+,35-/m1/s1. The minimum atomic E-state index is -1.77. The van der Waals surface area contributed by atoms with E-state index < -0.39 is 58.7 Å². The molecule has 10 heteroatoms. The molecule has 8 atom stereocenters. The van der Waals surface area contributed by atoms with Gasteiger partial charge in [0.25, 0.3) is 0 Å². The second-order valence-electron chi connectivity index (χ2n) is 13.7. The summed E-state index contributed by atoms with van der Waals surface area (Å²) in [5.74, 6) is -3.37. The molecule has 45 heavy (non-hydrogen) atoms. The third-order valence-electron chi connectivity index (χ3n) is 11.3. The van der Waals surface area contributed by atoms with E-state index in [1.54, 1.807) is 36.4 Å². The number of carboxylic acid groups (broad SMARTS) is 1. The first-order valence-corrected chi connectivity index (χ1v) is 15.9. The van der Waals surface area contributed by atoms with E-state index in [4.69, 9.17) is 4.74 Å². The van der Waals surface area contributed by atoms with Crippen LogP contribution in [0.1, 0.15) is 76.7 Å². The van der Waals surface area contributed by atoms with Crippen LogP contribution in [0.5, 0.6) is 0 Å². The van der Waals surface area contributed by atoms with Gasteiger partial charge in [-0.05, 0) is 61.7 Å². The van der Waals surface area contributed by atoms with E-state index in [1.165, 1.54) is 0 Å². The molecule has 4 N–H and O–H groups in total. The SMILES string of the molecule is C[C@]12C=CC(=O)C=C1CC[C@H]1[C@H]2[C@@H](O)C[C@@]2(C)[C@@H]1CC[C@@]2(O)C(=O)COC(=O)CCC(=O)NC[C@@H](CC(=O)O)c1ccccc1. The predicted molar refractivity (Wildman–Crippen MR) is 163 cm³/mol. The number of carbonyl (C=O) groups is 5. The first kappa shape index (κ1) is 32.8. The van der Waals surface area contributed by atoms with E-state index in [1.807, 2.05) is 19.1 Å². The number of hydrogen-bond acceptors (Lipinski definition) is 8. The Morgan fingerprint density at radius 2 is 1.82 bits per heavy atom. The normalized spacial score (nSPS) is 34.0. The summed E-state index contributed by atoms with van der Waals surface area (Å²) in [7, 11) is 0. The van der Waals surface area contributed by atoms with Gasteiger partial charge >= 0.3 is 11.9 Å². The fourth-order valence-electron chi connectivity index (χ4n) is 8.91. The van der Waals surface area contributed by atoms with Crippen LogP contribution in [-0.2, 0) is 28.7 Å². The van der Waals surface area contributed by atoms with Crippen LogP contribution in [0, 0.1) is 28.6 Å². The second kappa shape index (κ2) is 12.6. The number of carboxylic acids is 1. The summed E-state index contributed by atoms with van der Waals surface area (Å²) >= 11 is 0. The third-order valence-corrected chi connectivity index (χ3v) is 11.3. The molecule has 1 aromatic rings. The summed E-state index contributed by atoms with van der Waals surface area (Å²) in [5, 5.41) is 35.3. The molecular formula is C35H43NO9. The average Bonchev–Trinajstić information content (AvgIpc) is 3.27. The number of rotatable bonds is 11. The zero-order valence-corrected chi connectivity index (χ0v) is 25.9. The van der Waals surface area contributed by atoms with Crippen LogP contribution < -0.4 is 5.32 Å². The number of nitrogens with one attached hydrogen (secondary N) is 1. The molecule has 1 amide bonds. The third kappa shape index (κ3) is 6.14. The lowest BCUT2D eigenvalue weighted by Crippen LogP contribution is -2.61. The molecule has 0 heterocycles. The molecule has 3 fully saturated rings. The Kier molecular flexibility index (Phi) is 9.20. The van der Waals surface area contributed by atoms with Gasteiger partial charge in [-0.25, -0.2) is 0 Å². The lowest BCUT2D eigenvalue weighted by Gasteiger charge is -2.59. The van der Waals surface area contributed by atoms with Gasteiger partial charge in [-0.15, -0.1) is 0 Å². The fourth-order valence-corrected chi connectivity index (χ4v) is 8.91. The Morgan fingerprint density at radius 3 is 2.53 bits per heavy atom. The lowest BCUT2D eigenvalue weighted by atomic mass is 9.46. The molecule has 0 unspecified atom stereocenters. The number of ketones is 2. The summed E-state index contributed by atoms with van der Waals surface area (Å²) in [6.07, 6.45) is 6.23. The van der Waals surface area contributed by atoms with Crippen LogP contribution in [0.3, 0.4) is 0 Å². The molecule has 4 aliphatic carbocycles. The van der Waals surface area contributed by atoms with Crippen molar-refractivity contribution in [3.8, 4) is 0 Å². The molecule has 3 saturated carbocycles. The monoisotopic (exact) mass is 621 g/mol. The number of aliphatic carboxylic acids is 1. The minimum absolute atomic E-state index is 0.0236. The summed E-state index contributed by atoms with van der Waals surface area (Å²) < 4.78 is 5.22. The molecule has 0 bridgehead atoms. The van der Waals surface area contributed by atoms with Gasteiger partial charge in [0.05, 0.1) is 18.9 Å². The number of amides is 1. The van der Waals surface area contributed by atoms with Crippen molar-refractivity contribution in [3.63, 3.8) is 0 Å². The topological polar surface area (TPSA) is 167 Å². The molecule has 1 aromatic carbocycles. The maximum absolute atomic E-state index is 13.5. The van der Waals surface area contributed by atoms with Crippen LogP contribution in [-0.4, -0.2) is 69.6 Å². The average molecular weight is 622 g/mol. The van der Waals surface area contributed by atoms with Crippen molar-refractivity contribution in [2.75, 3.05) is 13.2 Å². The zero-order valence-electron chi connectivity index (χ0n) is 25.9. The zero-order chi connectivity index (χ0) is 32.6. The van der Waals surface area contributed by atoms with E-state index in [0.29, 0.717) is 6.42 Å². The van der Waals surface area contributed by atoms with Crippen LogP contribution in [0.25, 0.3) is 0 Å². The molecule has 5 rings (SSSR count). The first-order chi connectivity index (χ1) is 21.3. The largest absolute Gasteiger partial charge is 0.481 e. The van der Waals surface area contributed by atoms with E-state index in [9.17, 15) is 39.3 Å². The van der Waals surface area contributed by atoms with Gasteiger partial charge in [-0.1, -0.05) is 55.8 Å². The predicted octanol–water partition coefficient (Wildman–Crippen LogP) is 3.26. The van der Waals surface area contributed by atoms with Crippen LogP contribution >= 0.6 is 0 Å². The van der Waals surface area contributed by atoms with Gasteiger partial charge in [-0.2, -0.15) is 0 Å². The summed E-state index contributed by atoms with van der Waals surface area (Å²) in [6.45, 7) is 3.38. The highest BCUT2D eigenvalue weighted by Crippen LogP contribution is 2.67. The maximum Gasteiger partial charge on any atom is 0.306 e. The number of aliphatic hydroxyl groups is 2. The smallest absolute Gasteiger partial charge is 0.306 e. The van der Waals surface area contributed by atoms with Crippen LogP contribution in [0.2, 0.25) is 0 Å². The van der Waals surface area contributed by atoms with E-state index in [-0.39, 0.29) is 62.2 Å². The molecule has 4 aliphatic rings. The molecule has 242 valence electrons. The number of aliphatic hydroxyl groups excluding tert-OH is 1. The summed E-state index contributed by atoms with van der Waals surface area (Å²) in [5.41, 5.74) is -1.33. The Morgan fingerprint density at radius 1 is 1.09 bits per heavy atom. The number of esters is 1. The van der Waals surface area contributed by atoms with E-state index >= 15 is 0 Å². The van der Waals surface area contributed by atoms with Crippen molar-refractivity contribution in [1.29, 1.82) is 0 Å². The number of ether oxygens (including phenoxy) is 1. The Bertz CT molecular complexity index is 1420. The highest BCUT2D eigenvalue weighted by molar-refractivity contribution is 6.01. The first-order valence-electron chi connectivity index (χ1n) is 15.9. The fraction of sp³-hybridized carbons (Fsp3) is 0.571. The van der Waals surface area contributed by atoms with Crippen molar-refractivity contribution in [2.24, 2.45) is 28.6 Å². The van der Waals surface area contributed by atoms with Crippen molar-refractivity contribution in [1.82, 2.24) is 5.32 Å². The summed E-state index contributed by atoms with van der Waals surface area (Å²) in [4.78, 5) is 61.7. The van der Waals surface area contributed by atoms with Gasteiger partial charge in [0, 0.05) is 35.6 Å². The van der Waals surface area contributed by atoms with Crippen LogP contribution in [0.15, 0.2) is 54.1 Å². The van der Waals surface area contributed by atoms with Crippen molar-refractivity contribution >= 4 is 29.4 Å². The van der Waals surface area contributed by atoms with Crippen molar-refractivity contribution in [2.45, 2.75) is 82.8 Å². The lowest BCUT2D eigenvalue weighted by molar-refractivity contribution is -0.181. The van der Waals surface area contributed by atoms with E-state index in [2.05, 4.69) is 12.2 Å². The summed E-state index contributed by atoms with van der Waals surface area (Å²) in [6, 6.07) is 8.99. The molecular weight excluding hydrogens is 578 g/mol. The number of benzene rings is 1. The number of carbonyl (C=O) groups excluding carboxylic acids is 4. The Balaban J connectivity index is 1.14. The van der Waals surface area contributed by atoms with Gasteiger partial charge < -0.3 is 25.4 Å². The number of Topliss-reactive ketones (excluding diaryl/α,β-unsaturated/α-hetero) is 1. The quantitative estimate of drug-likeness (QED) is 0.271. The van der Waals surface area contributed by atoms with Gasteiger partial charge in [0.2, 0.25) is 11.7 Å². The highest BCUT2D eigenvalue weighted by atomic mass is 16.5. The van der Waals surface area contributed by atoms with Crippen LogP contribution in [0.4, 0.5) is 0 Å². The molecule has 0 spiro atoms. The maximum atomic E-state index is 13.5. The highest BCUT2D eigenvalue weighted by Gasteiger charge is 2.68. The molecule has 0 saturated heterocycles. The van der Waals surface area contributed by atoms with Crippen molar-refractivity contribution in [3.05, 3.63) is 59.7 Å². The van der Waals surface area contributed by atoms with E-state index in [0.717, 1.165) is 24.0 Å². The molecule has 10 nitrogen and oxygen atoms in total. The van der Waals surface area contributed by atoms with Gasteiger partial charge in [0.1, 0.15) is 5.60 Å². The number of hydrogen-bond donors (Lipinski definition) is 4. The number of fused-ring (bicyclic) bond motifs is 5. The number of allylic oxidation sites excluding steroid dienone is 4. The Hall–Kier alpha value is -3.63. The molecule has 0 radical (unpaired) electrons. The molecule has 0 aromatic heterocycles. The molecule has 0 aliphatic heterocycles. The van der Waals surface area contributed by atoms with Crippen molar-refractivity contribution < 1.29 is 44.0 Å². The van der Waals surface area contributed by atoms with Gasteiger partial charge in [-0.3, -0.25) is 24.0 Å². The second-order valence-corrected chi connectivity index (χ2v) is 13.7.